The molecule has 1 fully saturated rings. The molecule has 1 aliphatic carbocycles. The highest BCUT2D eigenvalue weighted by molar-refractivity contribution is 6.41. The molecule has 2 rings (SSSR count). The van der Waals surface area contributed by atoms with Crippen LogP contribution in [0.2, 0.25) is 0 Å². The lowest BCUT2D eigenvalue weighted by atomic mass is 9.91. The monoisotopic (exact) mass is 530 g/mol. The van der Waals surface area contributed by atoms with Crippen LogP contribution in [0.3, 0.4) is 0 Å². The minimum Gasteiger partial charge on any atom is -0.354 e. The van der Waals surface area contributed by atoms with Gasteiger partial charge in [-0.1, -0.05) is 44.2 Å². The predicted molar refractivity (Wildman–Crippen MR) is 144 cm³/mol. The first kappa shape index (κ1) is 31.1. The molecule has 0 spiro atoms. The van der Waals surface area contributed by atoms with E-state index in [1.165, 1.54) is 6.92 Å². The van der Waals surface area contributed by atoms with Crippen LogP contribution in [0.5, 0.6) is 0 Å². The zero-order valence-corrected chi connectivity index (χ0v) is 22.5. The van der Waals surface area contributed by atoms with E-state index in [0.29, 0.717) is 6.42 Å². The Morgan fingerprint density at radius 1 is 0.868 bits per heavy atom. The van der Waals surface area contributed by atoms with Crippen LogP contribution in [0, 0.1) is 5.92 Å². The fourth-order valence-electron chi connectivity index (χ4n) is 4.56. The quantitative estimate of drug-likeness (QED) is 0.135. The molecule has 2 atom stereocenters. The maximum atomic E-state index is 13.2. The Morgan fingerprint density at radius 2 is 1.45 bits per heavy atom. The van der Waals surface area contributed by atoms with Crippen LogP contribution in [0.1, 0.15) is 58.4 Å². The summed E-state index contributed by atoms with van der Waals surface area (Å²) in [6.07, 6.45) is 3.65. The van der Waals surface area contributed by atoms with Crippen molar-refractivity contribution in [1.82, 2.24) is 26.8 Å². The number of Topliss-reactive ketones (excluding diaryl/α,β-unsaturated/α-hetero) is 2. The highest BCUT2D eigenvalue weighted by Crippen LogP contribution is 2.18. The van der Waals surface area contributed by atoms with Gasteiger partial charge in [-0.15, -0.1) is 0 Å². The highest BCUT2D eigenvalue weighted by Gasteiger charge is 2.32. The fourth-order valence-corrected chi connectivity index (χ4v) is 4.56. The second-order valence-corrected chi connectivity index (χ2v) is 10.2. The van der Waals surface area contributed by atoms with Crippen LogP contribution in [-0.4, -0.2) is 66.5 Å². The van der Waals surface area contributed by atoms with Gasteiger partial charge in [0.15, 0.2) is 0 Å². The van der Waals surface area contributed by atoms with Gasteiger partial charge in [0.2, 0.25) is 29.3 Å². The van der Waals surface area contributed by atoms with E-state index in [-0.39, 0.29) is 49.3 Å². The normalized spacial score (nSPS) is 18.8. The van der Waals surface area contributed by atoms with E-state index in [0.717, 1.165) is 31.2 Å². The lowest BCUT2D eigenvalue weighted by Crippen LogP contribution is -2.55. The first-order valence-corrected chi connectivity index (χ1v) is 13.2. The summed E-state index contributed by atoms with van der Waals surface area (Å²) in [5.41, 5.74) is 11.9. The Balaban J connectivity index is 1.92. The molecule has 0 radical (unpaired) electrons. The minimum absolute atomic E-state index is 0.0221. The van der Waals surface area contributed by atoms with Crippen molar-refractivity contribution < 1.29 is 24.0 Å². The Kier molecular flexibility index (Phi) is 13.0. The molecule has 0 saturated heterocycles. The number of benzene rings is 1. The number of rotatable bonds is 15. The van der Waals surface area contributed by atoms with Gasteiger partial charge in [-0.25, -0.2) is 10.9 Å². The molecule has 0 bridgehead atoms. The second-order valence-electron chi connectivity index (χ2n) is 10.2. The topological polar surface area (TPSA) is 172 Å². The molecule has 0 heterocycles. The lowest BCUT2D eigenvalue weighted by molar-refractivity contribution is -0.140. The lowest BCUT2D eigenvalue weighted by Gasteiger charge is -2.29. The molecule has 1 aliphatic rings. The Morgan fingerprint density at radius 3 is 2.00 bits per heavy atom. The Bertz CT molecular complexity index is 947. The molecular weight excluding hydrogens is 488 g/mol. The van der Waals surface area contributed by atoms with Crippen molar-refractivity contribution in [1.29, 1.82) is 0 Å². The SMILES string of the molecule is CC(=O)N[C@H]1CC[C@H](NC(=O)CNN[C@@H](CC(C)C)C(=O)C(=O)[C@H](Cc2ccccc2)NC(=O)CN)CC1. The van der Waals surface area contributed by atoms with Crippen molar-refractivity contribution in [3.8, 4) is 0 Å². The molecule has 1 saturated carbocycles. The molecule has 7 N–H and O–H groups in total. The number of nitrogens with one attached hydrogen (secondary N) is 5. The van der Waals surface area contributed by atoms with Crippen molar-refractivity contribution in [3.63, 3.8) is 0 Å². The van der Waals surface area contributed by atoms with E-state index in [1.807, 2.05) is 44.2 Å². The van der Waals surface area contributed by atoms with Gasteiger partial charge in [0.25, 0.3) is 0 Å². The summed E-state index contributed by atoms with van der Waals surface area (Å²) < 4.78 is 0. The summed E-state index contributed by atoms with van der Waals surface area (Å²) in [5.74, 6) is -2.13. The third-order valence-corrected chi connectivity index (χ3v) is 6.41. The van der Waals surface area contributed by atoms with Crippen molar-refractivity contribution in [2.45, 2.75) is 83.5 Å². The molecule has 0 aromatic heterocycles. The van der Waals surface area contributed by atoms with Gasteiger partial charge in [0.05, 0.1) is 25.2 Å². The van der Waals surface area contributed by atoms with Crippen LogP contribution in [0.25, 0.3) is 0 Å². The van der Waals surface area contributed by atoms with Crippen molar-refractivity contribution in [2.75, 3.05) is 13.1 Å². The molecule has 11 nitrogen and oxygen atoms in total. The van der Waals surface area contributed by atoms with Gasteiger partial charge in [-0.05, 0) is 43.6 Å². The number of carbonyl (C=O) groups is 5. The minimum atomic E-state index is -1.05. The summed E-state index contributed by atoms with van der Waals surface area (Å²) in [6, 6.07) is 7.34. The molecule has 0 unspecified atom stereocenters. The molecule has 1 aromatic carbocycles. The number of hydrogen-bond donors (Lipinski definition) is 6. The second kappa shape index (κ2) is 16.0. The zero-order chi connectivity index (χ0) is 28.1. The number of carbonyl (C=O) groups excluding carboxylic acids is 5. The number of ketones is 2. The average Bonchev–Trinajstić information content (AvgIpc) is 2.88. The van der Waals surface area contributed by atoms with E-state index < -0.39 is 29.6 Å². The summed E-state index contributed by atoms with van der Waals surface area (Å²) >= 11 is 0. The summed E-state index contributed by atoms with van der Waals surface area (Å²) in [6.45, 7) is 4.96. The number of amides is 3. The van der Waals surface area contributed by atoms with Crippen LogP contribution in [-0.2, 0) is 30.4 Å². The first-order chi connectivity index (χ1) is 18.1. The van der Waals surface area contributed by atoms with Crippen molar-refractivity contribution in [3.05, 3.63) is 35.9 Å². The fraction of sp³-hybridized carbons (Fsp3) is 0.593. The van der Waals surface area contributed by atoms with Crippen molar-refractivity contribution >= 4 is 29.3 Å². The standard InChI is InChI=1S/C27H42N6O5/c1-17(2)13-23(33-29-16-25(36)31-21-11-9-20(10-12-21)30-18(3)34)27(38)26(37)22(32-24(35)15-28)14-19-7-5-4-6-8-19/h4-8,17,20-23,29,33H,9-16,28H2,1-3H3,(H,30,34)(H,31,36)(H,32,35)/t20-,21-,22-,23-/m0/s1. The molecule has 0 aliphatic heterocycles. The van der Waals surface area contributed by atoms with Gasteiger partial charge < -0.3 is 21.7 Å². The van der Waals surface area contributed by atoms with E-state index in [2.05, 4.69) is 26.8 Å². The molecule has 210 valence electrons. The third-order valence-electron chi connectivity index (χ3n) is 6.41. The zero-order valence-electron chi connectivity index (χ0n) is 22.5. The van der Waals surface area contributed by atoms with Crippen LogP contribution in [0.4, 0.5) is 0 Å². The van der Waals surface area contributed by atoms with Gasteiger partial charge in [-0.2, -0.15) is 0 Å². The predicted octanol–water partition coefficient (Wildman–Crippen LogP) is -0.117. The summed E-state index contributed by atoms with van der Waals surface area (Å²) in [5, 5.41) is 8.44. The number of hydrazine groups is 1. The maximum Gasteiger partial charge on any atom is 0.235 e. The molecular formula is C27H42N6O5. The summed E-state index contributed by atoms with van der Waals surface area (Å²) in [7, 11) is 0. The van der Waals surface area contributed by atoms with Gasteiger partial charge in [0, 0.05) is 25.4 Å². The Labute approximate surface area is 224 Å². The van der Waals surface area contributed by atoms with E-state index in [4.69, 9.17) is 5.73 Å². The average molecular weight is 531 g/mol. The van der Waals surface area contributed by atoms with E-state index >= 15 is 0 Å². The molecule has 1 aromatic rings. The van der Waals surface area contributed by atoms with Crippen LogP contribution in [0.15, 0.2) is 30.3 Å². The molecule has 3 amide bonds. The molecule has 38 heavy (non-hydrogen) atoms. The van der Waals surface area contributed by atoms with E-state index in [1.54, 1.807) is 0 Å². The first-order valence-electron chi connectivity index (χ1n) is 13.2. The highest BCUT2D eigenvalue weighted by atomic mass is 16.2. The number of nitrogens with two attached hydrogens (primary N) is 1. The summed E-state index contributed by atoms with van der Waals surface area (Å²) in [4.78, 5) is 62.0. The largest absolute Gasteiger partial charge is 0.354 e. The number of hydrogen-bond acceptors (Lipinski definition) is 8. The third kappa shape index (κ3) is 11.1. The van der Waals surface area contributed by atoms with Gasteiger partial charge in [0.1, 0.15) is 0 Å². The van der Waals surface area contributed by atoms with Crippen LogP contribution < -0.4 is 32.5 Å². The smallest absolute Gasteiger partial charge is 0.235 e. The van der Waals surface area contributed by atoms with Crippen molar-refractivity contribution in [2.24, 2.45) is 11.7 Å². The Hall–Kier alpha value is -3.15. The van der Waals surface area contributed by atoms with Gasteiger partial charge in [-0.3, -0.25) is 24.0 Å². The van der Waals surface area contributed by atoms with Crippen LogP contribution >= 0.6 is 0 Å². The molecule has 11 heteroatoms. The van der Waals surface area contributed by atoms with Gasteiger partial charge >= 0.3 is 0 Å². The maximum absolute atomic E-state index is 13.2. The van der Waals surface area contributed by atoms with E-state index in [9.17, 15) is 24.0 Å².